The van der Waals surface area contributed by atoms with E-state index in [-0.39, 0.29) is 12.2 Å². The first-order valence-electron chi connectivity index (χ1n) is 4.51. The first-order valence-corrected chi connectivity index (χ1v) is 6.50. The van der Waals surface area contributed by atoms with Crippen molar-refractivity contribution < 1.29 is 18.7 Å². The lowest BCUT2D eigenvalue weighted by molar-refractivity contribution is 0.0170. The van der Waals surface area contributed by atoms with Crippen molar-refractivity contribution in [3.05, 3.63) is 0 Å². The van der Waals surface area contributed by atoms with Crippen molar-refractivity contribution in [2.24, 2.45) is 0 Å². The second kappa shape index (κ2) is 4.09. The number of hydrogen-bond donors (Lipinski definition) is 1. The summed E-state index contributed by atoms with van der Waals surface area (Å²) in [5.74, 6) is 0. The molecular weight excluding hydrogens is 191 g/mol. The molecule has 0 amide bonds. The third-order valence-corrected chi connectivity index (χ3v) is 3.33. The third-order valence-electron chi connectivity index (χ3n) is 1.91. The Labute approximate surface area is 78.8 Å². The minimum atomic E-state index is -2.87. The van der Waals surface area contributed by atoms with Gasteiger partial charge in [-0.05, 0) is 20.3 Å². The van der Waals surface area contributed by atoms with Gasteiger partial charge < -0.3 is 14.2 Å². The molecule has 13 heavy (non-hydrogen) atoms. The Morgan fingerprint density at radius 2 is 2.23 bits per heavy atom. The van der Waals surface area contributed by atoms with Gasteiger partial charge in [0.15, 0.2) is 0 Å². The van der Waals surface area contributed by atoms with Gasteiger partial charge in [-0.25, -0.2) is 0 Å². The highest BCUT2D eigenvalue weighted by atomic mass is 31.2. The van der Waals surface area contributed by atoms with Crippen LogP contribution < -0.4 is 0 Å². The maximum absolute atomic E-state index is 11.5. The summed E-state index contributed by atoms with van der Waals surface area (Å²) in [6.07, 6.45) is 0.608. The Bertz CT molecular complexity index is 214. The Morgan fingerprint density at radius 1 is 1.62 bits per heavy atom. The van der Waals surface area contributed by atoms with Crippen LogP contribution >= 0.6 is 7.60 Å². The average Bonchev–Trinajstić information content (AvgIpc) is 1.78. The third kappa shape index (κ3) is 3.77. The molecule has 0 bridgehead atoms. The molecule has 1 aliphatic rings. The van der Waals surface area contributed by atoms with Crippen LogP contribution in [0.3, 0.4) is 0 Å². The van der Waals surface area contributed by atoms with Crippen LogP contribution in [0, 0.1) is 0 Å². The maximum Gasteiger partial charge on any atom is 0.328 e. The smallest absolute Gasteiger partial charge is 0.328 e. The fourth-order valence-electron chi connectivity index (χ4n) is 1.60. The summed E-state index contributed by atoms with van der Waals surface area (Å²) in [5, 5.41) is 9.15. The zero-order chi connectivity index (χ0) is 10.1. The Balaban J connectivity index is 2.53. The van der Waals surface area contributed by atoms with Crippen molar-refractivity contribution in [3.63, 3.8) is 0 Å². The van der Waals surface area contributed by atoms with Gasteiger partial charge in [-0.2, -0.15) is 0 Å². The van der Waals surface area contributed by atoms with E-state index in [0.717, 1.165) is 0 Å². The van der Waals surface area contributed by atoms with Gasteiger partial charge in [-0.1, -0.05) is 0 Å². The van der Waals surface area contributed by atoms with Crippen molar-refractivity contribution >= 4 is 7.60 Å². The highest BCUT2D eigenvalue weighted by Crippen LogP contribution is 2.51. The molecule has 4 nitrogen and oxygen atoms in total. The Morgan fingerprint density at radius 3 is 2.69 bits per heavy atom. The fraction of sp³-hybridized carbons (Fsp3) is 1.00. The molecule has 1 heterocycles. The summed E-state index contributed by atoms with van der Waals surface area (Å²) in [7, 11) is -2.87. The number of hydrogen-bond acceptors (Lipinski definition) is 4. The second-order valence-corrected chi connectivity index (χ2v) is 5.70. The van der Waals surface area contributed by atoms with Crippen LogP contribution in [-0.4, -0.2) is 30.1 Å². The molecule has 0 radical (unpaired) electrons. The van der Waals surface area contributed by atoms with E-state index >= 15 is 0 Å². The zero-order valence-electron chi connectivity index (χ0n) is 8.27. The summed E-state index contributed by atoms with van der Waals surface area (Å²) in [6.45, 7) is 5.04. The highest BCUT2D eigenvalue weighted by molar-refractivity contribution is 7.53. The molecule has 0 aromatic heterocycles. The first-order chi connectivity index (χ1) is 5.89. The molecule has 1 aliphatic heterocycles. The Hall–Kier alpha value is 0.110. The van der Waals surface area contributed by atoms with E-state index in [1.807, 2.05) is 6.92 Å². The molecule has 1 N–H and O–H groups in total. The van der Waals surface area contributed by atoms with Crippen LogP contribution in [0.2, 0.25) is 0 Å². The van der Waals surface area contributed by atoms with Crippen molar-refractivity contribution in [2.45, 2.75) is 45.0 Å². The van der Waals surface area contributed by atoms with Crippen LogP contribution in [-0.2, 0) is 13.6 Å². The fourth-order valence-corrected chi connectivity index (χ4v) is 3.10. The molecule has 4 atom stereocenters. The molecular formula is C8H17O4P. The van der Waals surface area contributed by atoms with Gasteiger partial charge >= 0.3 is 7.60 Å². The van der Waals surface area contributed by atoms with E-state index in [2.05, 4.69) is 0 Å². The minimum Gasteiger partial charge on any atom is -0.393 e. The lowest BCUT2D eigenvalue weighted by Gasteiger charge is -2.32. The van der Waals surface area contributed by atoms with Gasteiger partial charge in [-0.15, -0.1) is 0 Å². The zero-order valence-corrected chi connectivity index (χ0v) is 9.16. The lowest BCUT2D eigenvalue weighted by atomic mass is 10.1. The Kier molecular flexibility index (Phi) is 3.52. The number of rotatable bonds is 2. The summed E-state index contributed by atoms with van der Waals surface area (Å²) in [5.41, 5.74) is 0. The van der Waals surface area contributed by atoms with E-state index in [1.54, 1.807) is 6.92 Å². The summed E-state index contributed by atoms with van der Waals surface area (Å²) in [4.78, 5) is 0. The van der Waals surface area contributed by atoms with Gasteiger partial charge in [0.1, 0.15) is 0 Å². The minimum absolute atomic E-state index is 0.0478. The number of aliphatic hydroxyl groups is 1. The second-order valence-electron chi connectivity index (χ2n) is 3.74. The van der Waals surface area contributed by atoms with Crippen molar-refractivity contribution in [2.75, 3.05) is 6.66 Å². The maximum atomic E-state index is 11.5. The molecule has 0 spiro atoms. The molecule has 4 unspecified atom stereocenters. The van der Waals surface area contributed by atoms with Gasteiger partial charge in [0.05, 0.1) is 18.3 Å². The van der Waals surface area contributed by atoms with Crippen LogP contribution in [0.15, 0.2) is 0 Å². The molecule has 0 aromatic carbocycles. The predicted octanol–water partition coefficient (Wildman–Crippen LogP) is 1.77. The molecule has 78 valence electrons. The lowest BCUT2D eigenvalue weighted by Crippen LogP contribution is -2.28. The van der Waals surface area contributed by atoms with E-state index in [4.69, 9.17) is 14.2 Å². The first kappa shape index (κ1) is 11.2. The number of aliphatic hydroxyl groups excluding tert-OH is 1. The van der Waals surface area contributed by atoms with E-state index in [9.17, 15) is 4.57 Å². The van der Waals surface area contributed by atoms with E-state index in [1.165, 1.54) is 6.66 Å². The molecule has 0 aromatic rings. The van der Waals surface area contributed by atoms with Crippen molar-refractivity contribution in [3.8, 4) is 0 Å². The average molecular weight is 208 g/mol. The summed E-state index contributed by atoms with van der Waals surface area (Å²) in [6, 6.07) is 0. The van der Waals surface area contributed by atoms with Crippen LogP contribution in [0.4, 0.5) is 0 Å². The van der Waals surface area contributed by atoms with Gasteiger partial charge in [0, 0.05) is 13.1 Å². The van der Waals surface area contributed by atoms with Gasteiger partial charge in [-0.3, -0.25) is 4.57 Å². The monoisotopic (exact) mass is 208 g/mol. The predicted molar refractivity (Wildman–Crippen MR) is 49.9 cm³/mol. The summed E-state index contributed by atoms with van der Waals surface area (Å²) < 4.78 is 21.9. The topological polar surface area (TPSA) is 55.8 Å². The van der Waals surface area contributed by atoms with E-state index in [0.29, 0.717) is 12.8 Å². The largest absolute Gasteiger partial charge is 0.393 e. The highest BCUT2D eigenvalue weighted by Gasteiger charge is 2.33. The normalized spacial score (nSPS) is 43.1. The molecule has 1 saturated heterocycles. The molecule has 0 saturated carbocycles. The van der Waals surface area contributed by atoms with Crippen molar-refractivity contribution in [1.29, 1.82) is 0 Å². The van der Waals surface area contributed by atoms with E-state index < -0.39 is 13.7 Å². The van der Waals surface area contributed by atoms with Gasteiger partial charge in [0.2, 0.25) is 0 Å². The molecule has 1 rings (SSSR count). The van der Waals surface area contributed by atoms with Crippen LogP contribution in [0.25, 0.3) is 0 Å². The SMILES string of the molecule is CC(O)CC1CC(C)OP(C)(=O)O1. The van der Waals surface area contributed by atoms with Gasteiger partial charge in [0.25, 0.3) is 0 Å². The summed E-state index contributed by atoms with van der Waals surface area (Å²) >= 11 is 0. The van der Waals surface area contributed by atoms with Crippen LogP contribution in [0.1, 0.15) is 26.7 Å². The quantitative estimate of drug-likeness (QED) is 0.702. The molecule has 0 aliphatic carbocycles. The molecule has 5 heteroatoms. The van der Waals surface area contributed by atoms with Crippen molar-refractivity contribution in [1.82, 2.24) is 0 Å². The molecule has 1 fully saturated rings. The van der Waals surface area contributed by atoms with Crippen LogP contribution in [0.5, 0.6) is 0 Å². The standard InChI is InChI=1S/C8H17O4P/c1-6(9)4-8-5-7(2)11-13(3,10)12-8/h6-9H,4-5H2,1-3H3.